The smallest absolute Gasteiger partial charge is 0.487 e. The molecule has 2 aromatic rings. The predicted molar refractivity (Wildman–Crippen MR) is 77.1 cm³/mol. The van der Waals surface area contributed by atoms with Crippen molar-refractivity contribution in [1.82, 2.24) is 0 Å². The molecule has 0 radical (unpaired) electrons. The van der Waals surface area contributed by atoms with E-state index in [0.29, 0.717) is 27.9 Å². The van der Waals surface area contributed by atoms with Gasteiger partial charge in [-0.1, -0.05) is 47.5 Å². The second-order valence-electron chi connectivity index (χ2n) is 3.98. The molecule has 2 rings (SSSR count). The van der Waals surface area contributed by atoms with Crippen LogP contribution >= 0.6 is 23.2 Å². The Morgan fingerprint density at radius 1 is 1.00 bits per heavy atom. The third kappa shape index (κ3) is 3.88. The van der Waals surface area contributed by atoms with Gasteiger partial charge in [-0.15, -0.1) is 0 Å². The Morgan fingerprint density at radius 2 is 1.68 bits per heavy atom. The number of benzene rings is 2. The van der Waals surface area contributed by atoms with Crippen molar-refractivity contribution >= 4 is 35.8 Å². The SMILES string of the molecule is OB(O)c1ccc(COc2cc(Cl)ccc2Cl)cc1. The van der Waals surface area contributed by atoms with Crippen LogP contribution in [-0.2, 0) is 6.61 Å². The van der Waals surface area contributed by atoms with Crippen LogP contribution in [0.3, 0.4) is 0 Å². The van der Waals surface area contributed by atoms with Crippen LogP contribution < -0.4 is 10.2 Å². The highest BCUT2D eigenvalue weighted by molar-refractivity contribution is 6.58. The normalized spacial score (nSPS) is 10.3. The Kier molecular flexibility index (Phi) is 4.72. The maximum Gasteiger partial charge on any atom is 0.488 e. The monoisotopic (exact) mass is 296 g/mol. The van der Waals surface area contributed by atoms with Crippen molar-refractivity contribution in [2.45, 2.75) is 6.61 Å². The lowest BCUT2D eigenvalue weighted by atomic mass is 9.80. The maximum atomic E-state index is 8.98. The number of halogens is 2. The predicted octanol–water partition coefficient (Wildman–Crippen LogP) is 2.25. The maximum absolute atomic E-state index is 8.98. The van der Waals surface area contributed by atoms with Gasteiger partial charge in [0, 0.05) is 11.1 Å². The lowest BCUT2D eigenvalue weighted by molar-refractivity contribution is 0.306. The van der Waals surface area contributed by atoms with E-state index < -0.39 is 7.12 Å². The zero-order valence-electron chi connectivity index (χ0n) is 9.88. The lowest BCUT2D eigenvalue weighted by Crippen LogP contribution is -2.29. The summed E-state index contributed by atoms with van der Waals surface area (Å²) in [5.41, 5.74) is 1.32. The number of hydrogen-bond acceptors (Lipinski definition) is 3. The fourth-order valence-corrected chi connectivity index (χ4v) is 1.87. The zero-order chi connectivity index (χ0) is 13.8. The van der Waals surface area contributed by atoms with Crippen LogP contribution in [0, 0.1) is 0 Å². The molecular formula is C13H11BCl2O3. The van der Waals surface area contributed by atoms with Crippen molar-refractivity contribution in [3.8, 4) is 5.75 Å². The first kappa shape index (κ1) is 14.2. The van der Waals surface area contributed by atoms with Crippen LogP contribution in [0.4, 0.5) is 0 Å². The van der Waals surface area contributed by atoms with E-state index in [0.717, 1.165) is 5.56 Å². The molecule has 2 aromatic carbocycles. The average molecular weight is 297 g/mol. The Balaban J connectivity index is 2.04. The Hall–Kier alpha value is -1.20. The molecule has 2 N–H and O–H groups in total. The van der Waals surface area contributed by atoms with Crippen LogP contribution in [0.2, 0.25) is 10.0 Å². The minimum atomic E-state index is -1.46. The molecule has 19 heavy (non-hydrogen) atoms. The Labute approximate surface area is 121 Å². The molecule has 0 amide bonds. The molecule has 0 spiro atoms. The highest BCUT2D eigenvalue weighted by atomic mass is 35.5. The standard InChI is InChI=1S/C13H11BCl2O3/c15-11-5-6-12(16)13(7-11)19-8-9-1-3-10(4-2-9)14(17)18/h1-7,17-18H,8H2. The summed E-state index contributed by atoms with van der Waals surface area (Å²) in [5, 5.41) is 19.0. The van der Waals surface area contributed by atoms with E-state index in [4.69, 9.17) is 38.0 Å². The van der Waals surface area contributed by atoms with Crippen molar-refractivity contribution < 1.29 is 14.8 Å². The van der Waals surface area contributed by atoms with E-state index in [-0.39, 0.29) is 0 Å². The van der Waals surface area contributed by atoms with Gasteiger partial charge in [-0.2, -0.15) is 0 Å². The van der Waals surface area contributed by atoms with Gasteiger partial charge in [0.25, 0.3) is 0 Å². The van der Waals surface area contributed by atoms with Crippen molar-refractivity contribution in [2.24, 2.45) is 0 Å². The van der Waals surface area contributed by atoms with E-state index >= 15 is 0 Å². The minimum absolute atomic E-state index is 0.321. The highest BCUT2D eigenvalue weighted by Crippen LogP contribution is 2.28. The van der Waals surface area contributed by atoms with Crippen LogP contribution in [0.25, 0.3) is 0 Å². The molecule has 0 fully saturated rings. The van der Waals surface area contributed by atoms with Gasteiger partial charge in [0.1, 0.15) is 12.4 Å². The molecule has 0 aliphatic carbocycles. The molecule has 0 unspecified atom stereocenters. The highest BCUT2D eigenvalue weighted by Gasteiger charge is 2.10. The van der Waals surface area contributed by atoms with Gasteiger partial charge in [0.2, 0.25) is 0 Å². The van der Waals surface area contributed by atoms with E-state index in [2.05, 4.69) is 0 Å². The number of hydrogen-bond donors (Lipinski definition) is 2. The van der Waals surface area contributed by atoms with Gasteiger partial charge in [-0.05, 0) is 23.2 Å². The molecule has 0 saturated carbocycles. The van der Waals surface area contributed by atoms with Gasteiger partial charge < -0.3 is 14.8 Å². The van der Waals surface area contributed by atoms with Crippen LogP contribution in [-0.4, -0.2) is 17.2 Å². The third-order valence-corrected chi connectivity index (χ3v) is 3.11. The molecule has 0 aliphatic rings. The molecular weight excluding hydrogens is 286 g/mol. The molecule has 98 valence electrons. The second-order valence-corrected chi connectivity index (χ2v) is 4.82. The van der Waals surface area contributed by atoms with Crippen LogP contribution in [0.15, 0.2) is 42.5 Å². The fraction of sp³-hybridized carbons (Fsp3) is 0.0769. The summed E-state index contributed by atoms with van der Waals surface area (Å²) in [6, 6.07) is 11.8. The van der Waals surface area contributed by atoms with Gasteiger partial charge in [0.15, 0.2) is 0 Å². The molecule has 0 bridgehead atoms. The fourth-order valence-electron chi connectivity index (χ4n) is 1.53. The van der Waals surface area contributed by atoms with Crippen molar-refractivity contribution in [3.05, 3.63) is 58.1 Å². The molecule has 0 saturated heterocycles. The van der Waals surface area contributed by atoms with Crippen molar-refractivity contribution in [1.29, 1.82) is 0 Å². The first-order valence-corrected chi connectivity index (χ1v) is 6.34. The molecule has 0 atom stereocenters. The first-order chi connectivity index (χ1) is 9.06. The third-order valence-electron chi connectivity index (χ3n) is 2.57. The zero-order valence-corrected chi connectivity index (χ0v) is 11.4. The van der Waals surface area contributed by atoms with Gasteiger partial charge in [-0.25, -0.2) is 0 Å². The van der Waals surface area contributed by atoms with Gasteiger partial charge in [0.05, 0.1) is 5.02 Å². The summed E-state index contributed by atoms with van der Waals surface area (Å²) >= 11 is 11.8. The van der Waals surface area contributed by atoms with E-state index in [1.54, 1.807) is 42.5 Å². The number of ether oxygens (including phenoxy) is 1. The summed E-state index contributed by atoms with van der Waals surface area (Å²) in [6.07, 6.45) is 0. The largest absolute Gasteiger partial charge is 0.488 e. The second kappa shape index (κ2) is 6.30. The summed E-state index contributed by atoms with van der Waals surface area (Å²) < 4.78 is 5.56. The summed E-state index contributed by atoms with van der Waals surface area (Å²) in [5.74, 6) is 0.514. The minimum Gasteiger partial charge on any atom is -0.487 e. The molecule has 0 heterocycles. The van der Waals surface area contributed by atoms with Gasteiger partial charge >= 0.3 is 7.12 Å². The summed E-state index contributed by atoms with van der Waals surface area (Å²) in [7, 11) is -1.46. The van der Waals surface area contributed by atoms with Crippen LogP contribution in [0.5, 0.6) is 5.75 Å². The Bertz CT molecular complexity index is 558. The van der Waals surface area contributed by atoms with Gasteiger partial charge in [-0.3, -0.25) is 0 Å². The molecule has 6 heteroatoms. The molecule has 0 aromatic heterocycles. The first-order valence-electron chi connectivity index (χ1n) is 5.59. The number of rotatable bonds is 4. The van der Waals surface area contributed by atoms with Crippen molar-refractivity contribution in [3.63, 3.8) is 0 Å². The van der Waals surface area contributed by atoms with Crippen LogP contribution in [0.1, 0.15) is 5.56 Å². The molecule has 0 aliphatic heterocycles. The quantitative estimate of drug-likeness (QED) is 0.851. The Morgan fingerprint density at radius 3 is 2.32 bits per heavy atom. The summed E-state index contributed by atoms with van der Waals surface area (Å²) in [4.78, 5) is 0. The van der Waals surface area contributed by atoms with Crippen molar-refractivity contribution in [2.75, 3.05) is 0 Å². The lowest BCUT2D eigenvalue weighted by Gasteiger charge is -2.09. The van der Waals surface area contributed by atoms with E-state index in [1.165, 1.54) is 0 Å². The van der Waals surface area contributed by atoms with E-state index in [9.17, 15) is 0 Å². The summed E-state index contributed by atoms with van der Waals surface area (Å²) in [6.45, 7) is 0.321. The van der Waals surface area contributed by atoms with E-state index in [1.807, 2.05) is 0 Å². The average Bonchev–Trinajstić information content (AvgIpc) is 2.40. The molecule has 3 nitrogen and oxygen atoms in total. The topological polar surface area (TPSA) is 49.7 Å².